The van der Waals surface area contributed by atoms with Gasteiger partial charge in [0, 0.05) is 33.4 Å². The summed E-state index contributed by atoms with van der Waals surface area (Å²) in [6.07, 6.45) is 0. The van der Waals surface area contributed by atoms with Gasteiger partial charge in [-0.05, 0) is 58.7 Å². The Bertz CT molecular complexity index is 2750. The Kier molecular flexibility index (Phi) is 6.57. The van der Waals surface area contributed by atoms with Crippen LogP contribution in [0.1, 0.15) is 22.3 Å². The van der Waals surface area contributed by atoms with Crippen molar-refractivity contribution in [3.63, 3.8) is 0 Å². The van der Waals surface area contributed by atoms with E-state index in [1.165, 1.54) is 21.4 Å². The second kappa shape index (κ2) is 11.6. The number of para-hydroxylation sites is 3. The summed E-state index contributed by atoms with van der Waals surface area (Å²) >= 11 is 1.73. The van der Waals surface area contributed by atoms with Gasteiger partial charge in [0.05, 0.1) is 15.6 Å². The van der Waals surface area contributed by atoms with E-state index in [0.717, 1.165) is 61.0 Å². The summed E-state index contributed by atoms with van der Waals surface area (Å²) in [7, 11) is 0. The molecule has 2 aromatic heterocycles. The van der Waals surface area contributed by atoms with Gasteiger partial charge < -0.3 is 4.74 Å². The monoisotopic (exact) mass is 696 g/mol. The third-order valence-corrected chi connectivity index (χ3v) is 11.5. The van der Waals surface area contributed by atoms with Gasteiger partial charge in [0.15, 0.2) is 17.5 Å². The van der Waals surface area contributed by atoms with Crippen molar-refractivity contribution in [2.75, 3.05) is 0 Å². The molecule has 2 aliphatic rings. The predicted octanol–water partition coefficient (Wildman–Crippen LogP) is 11.6. The summed E-state index contributed by atoms with van der Waals surface area (Å²) in [5.74, 6) is 3.59. The average Bonchev–Trinajstić information content (AvgIpc) is 3.79. The third-order valence-electron chi connectivity index (χ3n) is 10.4. The Morgan fingerprint density at radius 2 is 0.962 bits per heavy atom. The summed E-state index contributed by atoms with van der Waals surface area (Å²) in [4.78, 5) is 20.2. The Labute approximate surface area is 309 Å². The number of rotatable bonds is 4. The average molecular weight is 697 g/mol. The van der Waals surface area contributed by atoms with Crippen molar-refractivity contribution < 1.29 is 4.74 Å². The van der Waals surface area contributed by atoms with Crippen molar-refractivity contribution in [1.29, 1.82) is 0 Å². The van der Waals surface area contributed by atoms with Crippen molar-refractivity contribution in [3.05, 3.63) is 192 Å². The quantitative estimate of drug-likeness (QED) is 0.183. The van der Waals surface area contributed by atoms with Gasteiger partial charge >= 0.3 is 0 Å². The zero-order valence-corrected chi connectivity index (χ0v) is 29.1. The van der Waals surface area contributed by atoms with E-state index in [4.69, 9.17) is 24.7 Å². The fraction of sp³-hybridized carbons (Fsp3) is 0.0213. The standard InChI is InChI=1S/C47H28N4OS/c1-3-13-29(14-4-1)43-49-44(30-15-5-2-6-16-30)51-45(50-43)31-23-25-33-34-27-32(46-48-39-19-9-12-22-42(39)53-46)24-26-35(34)47(38(33)28-31)36-17-7-10-20-40(36)52-41-21-11-8-18-37(41)47/h1-28H. The maximum absolute atomic E-state index is 6.62. The summed E-state index contributed by atoms with van der Waals surface area (Å²) in [6.45, 7) is 0. The number of thiazole rings is 1. The fourth-order valence-corrected chi connectivity index (χ4v) is 9.07. The van der Waals surface area contributed by atoms with E-state index in [1.807, 2.05) is 78.9 Å². The highest BCUT2D eigenvalue weighted by Gasteiger charge is 2.51. The van der Waals surface area contributed by atoms with Gasteiger partial charge in [-0.3, -0.25) is 0 Å². The number of fused-ring (bicyclic) bond motifs is 10. The van der Waals surface area contributed by atoms with E-state index in [1.54, 1.807) is 11.3 Å². The van der Waals surface area contributed by atoms with Crippen molar-refractivity contribution in [3.8, 4) is 67.4 Å². The van der Waals surface area contributed by atoms with Gasteiger partial charge in [0.1, 0.15) is 16.5 Å². The zero-order valence-electron chi connectivity index (χ0n) is 28.3. The highest BCUT2D eigenvalue weighted by molar-refractivity contribution is 7.21. The minimum atomic E-state index is -0.643. The third kappa shape index (κ3) is 4.56. The molecular formula is C47H28N4OS. The van der Waals surface area contributed by atoms with Gasteiger partial charge in [0.25, 0.3) is 0 Å². The molecule has 0 fully saturated rings. The number of hydrogen-bond donors (Lipinski definition) is 0. The van der Waals surface area contributed by atoms with Gasteiger partial charge in [0.2, 0.25) is 0 Å². The fourth-order valence-electron chi connectivity index (χ4n) is 8.11. The van der Waals surface area contributed by atoms with Crippen LogP contribution >= 0.6 is 11.3 Å². The van der Waals surface area contributed by atoms with E-state index < -0.39 is 5.41 Å². The van der Waals surface area contributed by atoms with Crippen molar-refractivity contribution in [2.24, 2.45) is 0 Å². The van der Waals surface area contributed by atoms with E-state index in [2.05, 4.69) is 91.0 Å². The molecule has 6 heteroatoms. The van der Waals surface area contributed by atoms with Crippen LogP contribution in [0.4, 0.5) is 0 Å². The lowest BCUT2D eigenvalue weighted by Gasteiger charge is -2.39. The number of ether oxygens (including phenoxy) is 1. The number of nitrogens with zero attached hydrogens (tertiary/aromatic N) is 4. The molecule has 1 aliphatic heterocycles. The van der Waals surface area contributed by atoms with Crippen LogP contribution < -0.4 is 4.74 Å². The molecule has 0 amide bonds. The minimum Gasteiger partial charge on any atom is -0.457 e. The highest BCUT2D eigenvalue weighted by Crippen LogP contribution is 2.62. The first-order valence-corrected chi connectivity index (χ1v) is 18.5. The molecule has 7 aromatic carbocycles. The van der Waals surface area contributed by atoms with Crippen LogP contribution in [0.2, 0.25) is 0 Å². The minimum absolute atomic E-state index is 0.621. The van der Waals surface area contributed by atoms with Crippen molar-refractivity contribution >= 4 is 21.6 Å². The topological polar surface area (TPSA) is 60.8 Å². The van der Waals surface area contributed by atoms with Crippen LogP contribution in [0.15, 0.2) is 170 Å². The smallest absolute Gasteiger partial charge is 0.164 e. The zero-order chi connectivity index (χ0) is 34.9. The van der Waals surface area contributed by atoms with Crippen LogP contribution in [0.5, 0.6) is 11.5 Å². The Hall–Kier alpha value is -6.76. The summed E-state index contributed by atoms with van der Waals surface area (Å²) in [5.41, 5.74) is 11.2. The van der Waals surface area contributed by atoms with Crippen LogP contribution in [0, 0.1) is 0 Å². The maximum atomic E-state index is 6.62. The summed E-state index contributed by atoms with van der Waals surface area (Å²) in [6, 6.07) is 59.0. The summed E-state index contributed by atoms with van der Waals surface area (Å²) < 4.78 is 7.80. The van der Waals surface area contributed by atoms with E-state index in [0.29, 0.717) is 17.5 Å². The van der Waals surface area contributed by atoms with Gasteiger partial charge in [-0.1, -0.05) is 133 Å². The molecule has 11 rings (SSSR count). The van der Waals surface area contributed by atoms with Crippen LogP contribution in [0.3, 0.4) is 0 Å². The Balaban J connectivity index is 1.18. The molecular weight excluding hydrogens is 669 g/mol. The highest BCUT2D eigenvalue weighted by atomic mass is 32.1. The molecule has 0 saturated heterocycles. The van der Waals surface area contributed by atoms with Gasteiger partial charge in [-0.2, -0.15) is 0 Å². The molecule has 53 heavy (non-hydrogen) atoms. The molecule has 0 unspecified atom stereocenters. The van der Waals surface area contributed by atoms with Crippen LogP contribution in [0.25, 0.3) is 66.1 Å². The first kappa shape index (κ1) is 29.9. The van der Waals surface area contributed by atoms with Crippen molar-refractivity contribution in [1.82, 2.24) is 19.9 Å². The second-order valence-corrected chi connectivity index (χ2v) is 14.4. The molecule has 5 nitrogen and oxygen atoms in total. The molecule has 0 saturated carbocycles. The van der Waals surface area contributed by atoms with Crippen LogP contribution in [-0.4, -0.2) is 19.9 Å². The predicted molar refractivity (Wildman–Crippen MR) is 212 cm³/mol. The normalized spacial score (nSPS) is 13.2. The number of hydrogen-bond acceptors (Lipinski definition) is 6. The van der Waals surface area contributed by atoms with Gasteiger partial charge in [-0.25, -0.2) is 19.9 Å². The lowest BCUT2D eigenvalue weighted by atomic mass is 9.66. The molecule has 0 N–H and O–H groups in total. The molecule has 1 spiro atoms. The van der Waals surface area contributed by atoms with Crippen molar-refractivity contribution in [2.45, 2.75) is 5.41 Å². The molecule has 0 bridgehead atoms. The largest absolute Gasteiger partial charge is 0.457 e. The van der Waals surface area contributed by atoms with E-state index >= 15 is 0 Å². The first-order chi connectivity index (χ1) is 26.2. The maximum Gasteiger partial charge on any atom is 0.164 e. The molecule has 248 valence electrons. The van der Waals surface area contributed by atoms with Crippen LogP contribution in [-0.2, 0) is 5.41 Å². The van der Waals surface area contributed by atoms with E-state index in [9.17, 15) is 0 Å². The Morgan fingerprint density at radius 3 is 1.62 bits per heavy atom. The van der Waals surface area contributed by atoms with Gasteiger partial charge in [-0.15, -0.1) is 11.3 Å². The Morgan fingerprint density at radius 1 is 0.396 bits per heavy atom. The first-order valence-electron chi connectivity index (χ1n) is 17.6. The second-order valence-electron chi connectivity index (χ2n) is 13.4. The SMILES string of the molecule is c1ccc(-c2nc(-c3ccccc3)nc(-c3ccc4c(c3)C3(c5ccccc5Oc5ccccc53)c3ccc(-c5nc6ccccc6s5)cc3-4)n2)cc1. The molecule has 9 aromatic rings. The lowest BCUT2D eigenvalue weighted by Crippen LogP contribution is -2.32. The molecule has 0 radical (unpaired) electrons. The van der Waals surface area contributed by atoms with E-state index in [-0.39, 0.29) is 0 Å². The number of aromatic nitrogens is 4. The molecule has 0 atom stereocenters. The molecule has 3 heterocycles. The molecule has 1 aliphatic carbocycles. The lowest BCUT2D eigenvalue weighted by molar-refractivity contribution is 0.436. The number of benzene rings is 7. The summed E-state index contributed by atoms with van der Waals surface area (Å²) in [5, 5.41) is 1.01.